The minimum atomic E-state index is -2.68. The fourth-order valence-electron chi connectivity index (χ4n) is 2.92. The van der Waals surface area contributed by atoms with E-state index in [9.17, 15) is 4.57 Å². The molecule has 0 spiro atoms. The molecule has 1 fully saturated rings. The van der Waals surface area contributed by atoms with Crippen LogP contribution in [0.5, 0.6) is 0 Å². The minimum Gasteiger partial charge on any atom is -0.481 e. The van der Waals surface area contributed by atoms with Gasteiger partial charge in [0.2, 0.25) is 0 Å². The quantitative estimate of drug-likeness (QED) is 0.640. The fraction of sp³-hybridized carbons (Fsp3) is 0.583. The first-order chi connectivity index (χ1) is 9.25. The molecule has 2 aliphatic rings. The van der Waals surface area contributed by atoms with Gasteiger partial charge in [-0.25, -0.2) is 10.1 Å². The third-order valence-corrected chi connectivity index (χ3v) is 5.08. The highest BCUT2D eigenvalue weighted by atomic mass is 32.1. The third-order valence-electron chi connectivity index (χ3n) is 3.77. The summed E-state index contributed by atoms with van der Waals surface area (Å²) in [5.74, 6) is 1.47. The van der Waals surface area contributed by atoms with Crippen LogP contribution in [-0.2, 0) is 9.30 Å². The molecule has 0 radical (unpaired) electrons. The lowest BCUT2D eigenvalue weighted by atomic mass is 9.80. The van der Waals surface area contributed by atoms with Crippen molar-refractivity contribution in [2.45, 2.75) is 32.1 Å². The number of aromatic nitrogens is 1. The highest BCUT2D eigenvalue weighted by Gasteiger charge is 2.26. The predicted molar refractivity (Wildman–Crippen MR) is 75.1 cm³/mol. The first-order valence-electron chi connectivity index (χ1n) is 6.51. The summed E-state index contributed by atoms with van der Waals surface area (Å²) in [6, 6.07) is 0. The van der Waals surface area contributed by atoms with Gasteiger partial charge in [-0.15, -0.1) is 11.3 Å². The van der Waals surface area contributed by atoms with Crippen LogP contribution in [0.15, 0.2) is 5.51 Å². The lowest BCUT2D eigenvalue weighted by Gasteiger charge is -2.28. The van der Waals surface area contributed by atoms with Crippen LogP contribution in [0.3, 0.4) is 0 Å². The van der Waals surface area contributed by atoms with Gasteiger partial charge in [0.05, 0.1) is 15.4 Å². The van der Waals surface area contributed by atoms with Crippen LogP contribution in [0.25, 0.3) is 11.3 Å². The van der Waals surface area contributed by atoms with Gasteiger partial charge in [-0.2, -0.15) is 0 Å². The van der Waals surface area contributed by atoms with E-state index in [0.717, 1.165) is 28.5 Å². The number of nitrogens with one attached hydrogen (secondary N) is 1. The van der Waals surface area contributed by atoms with E-state index in [2.05, 4.69) is 10.1 Å². The summed E-state index contributed by atoms with van der Waals surface area (Å²) in [4.78, 5) is 13.2. The van der Waals surface area contributed by atoms with Gasteiger partial charge < -0.3 is 9.63 Å². The molecule has 19 heavy (non-hydrogen) atoms. The number of hydrogen-bond acceptors (Lipinski definition) is 4. The Morgan fingerprint density at radius 1 is 1.58 bits per heavy atom. The van der Waals surface area contributed by atoms with Crippen molar-refractivity contribution in [3.8, 4) is 0 Å². The van der Waals surface area contributed by atoms with E-state index in [0.29, 0.717) is 5.92 Å². The van der Waals surface area contributed by atoms with Crippen LogP contribution in [0.4, 0.5) is 0 Å². The normalized spacial score (nSPS) is 23.7. The summed E-state index contributed by atoms with van der Waals surface area (Å²) in [6.45, 7) is 0.0863. The Hall–Kier alpha value is -0.680. The first kappa shape index (κ1) is 13.3. The van der Waals surface area contributed by atoms with E-state index in [-0.39, 0.29) is 6.73 Å². The van der Waals surface area contributed by atoms with Crippen molar-refractivity contribution in [2.75, 3.05) is 6.73 Å². The topological polar surface area (TPSA) is 71.5 Å². The lowest BCUT2D eigenvalue weighted by molar-refractivity contribution is 0.245. The van der Waals surface area contributed by atoms with Crippen molar-refractivity contribution in [1.29, 1.82) is 0 Å². The van der Waals surface area contributed by atoms with Crippen LogP contribution < -0.4 is 15.0 Å². The fourth-order valence-corrected chi connectivity index (χ4v) is 3.95. The van der Waals surface area contributed by atoms with Gasteiger partial charge in [-0.05, 0) is 30.8 Å². The number of fused-ring (bicyclic) bond motifs is 2. The van der Waals surface area contributed by atoms with Gasteiger partial charge in [-0.1, -0.05) is 6.42 Å². The molecule has 0 saturated heterocycles. The monoisotopic (exact) mass is 300 g/mol. The lowest BCUT2D eigenvalue weighted by Crippen LogP contribution is -2.36. The Balaban J connectivity index is 1.92. The molecule has 7 heteroatoms. The highest BCUT2D eigenvalue weighted by molar-refractivity contribution is 7.35. The van der Waals surface area contributed by atoms with Crippen molar-refractivity contribution in [1.82, 2.24) is 10.1 Å². The van der Waals surface area contributed by atoms with Gasteiger partial charge in [-0.3, -0.25) is 4.57 Å². The van der Waals surface area contributed by atoms with E-state index >= 15 is 0 Å². The largest absolute Gasteiger partial charge is 0.481 e. The standard InChI is InChI=1S/C12H17N2O3PS/c15-18(16)14-6-17-10-5-8-3-1-2-4-9(8)11-12(10)19-7-13-11/h7-8,18H,1-6H2,(H2,14,15,16). The molecular weight excluding hydrogens is 283 g/mol. The molecule has 1 aromatic rings. The molecule has 5 nitrogen and oxygen atoms in total. The van der Waals surface area contributed by atoms with E-state index < -0.39 is 8.18 Å². The van der Waals surface area contributed by atoms with Gasteiger partial charge in [0.25, 0.3) is 8.18 Å². The Bertz CT molecular complexity index is 613. The van der Waals surface area contributed by atoms with Crippen molar-refractivity contribution in [3.05, 3.63) is 15.4 Å². The zero-order valence-electron chi connectivity index (χ0n) is 10.5. The molecule has 1 saturated carbocycles. The third kappa shape index (κ3) is 2.77. The smallest absolute Gasteiger partial charge is 0.258 e. The van der Waals surface area contributed by atoms with E-state index in [1.54, 1.807) is 11.3 Å². The molecule has 0 amide bonds. The second-order valence-corrected chi connectivity index (χ2v) is 6.71. The summed E-state index contributed by atoms with van der Waals surface area (Å²) in [7, 11) is -2.68. The van der Waals surface area contributed by atoms with E-state index in [1.165, 1.54) is 24.8 Å². The van der Waals surface area contributed by atoms with Crippen LogP contribution >= 0.6 is 19.5 Å². The summed E-state index contributed by atoms with van der Waals surface area (Å²) in [6.07, 6.45) is 5.77. The second kappa shape index (κ2) is 5.75. The molecule has 1 aromatic heterocycles. The molecular formula is C12H17N2O3PS. The Kier molecular flexibility index (Phi) is 4.03. The molecule has 0 bridgehead atoms. The van der Waals surface area contributed by atoms with Crippen molar-refractivity contribution in [3.63, 3.8) is 0 Å². The van der Waals surface area contributed by atoms with Crippen LogP contribution in [0.1, 0.15) is 32.1 Å². The molecule has 0 aromatic carbocycles. The average molecular weight is 300 g/mol. The highest BCUT2D eigenvalue weighted by Crippen LogP contribution is 2.35. The Labute approximate surface area is 115 Å². The Morgan fingerprint density at radius 3 is 3.32 bits per heavy atom. The van der Waals surface area contributed by atoms with Gasteiger partial charge in [0, 0.05) is 6.42 Å². The molecule has 0 aliphatic heterocycles. The number of hydrogen-bond donors (Lipinski definition) is 2. The molecule has 2 unspecified atom stereocenters. The number of rotatable bonds is 4. The SMILES string of the molecule is O=[PH](O)NCOC1=c2scnc2=C2CCCCC2C1. The summed E-state index contributed by atoms with van der Waals surface area (Å²) in [5, 5.41) is 3.53. The average Bonchev–Trinajstić information content (AvgIpc) is 2.88. The predicted octanol–water partition coefficient (Wildman–Crippen LogP) is 0.942. The molecule has 104 valence electrons. The zero-order chi connectivity index (χ0) is 13.2. The zero-order valence-corrected chi connectivity index (χ0v) is 12.3. The van der Waals surface area contributed by atoms with Crippen LogP contribution in [0.2, 0.25) is 0 Å². The van der Waals surface area contributed by atoms with E-state index in [4.69, 9.17) is 9.63 Å². The van der Waals surface area contributed by atoms with E-state index in [1.807, 2.05) is 5.51 Å². The molecule has 2 atom stereocenters. The molecule has 1 heterocycles. The van der Waals surface area contributed by atoms with Crippen LogP contribution in [-0.4, -0.2) is 16.6 Å². The van der Waals surface area contributed by atoms with Gasteiger partial charge in [0.15, 0.2) is 0 Å². The number of ether oxygens (including phenoxy) is 1. The number of thiazole rings is 1. The number of nitrogens with zero attached hydrogens (tertiary/aromatic N) is 1. The van der Waals surface area contributed by atoms with Gasteiger partial charge >= 0.3 is 0 Å². The molecule has 3 rings (SSSR count). The van der Waals surface area contributed by atoms with Crippen molar-refractivity contribution in [2.24, 2.45) is 5.92 Å². The van der Waals surface area contributed by atoms with Crippen LogP contribution in [0, 0.1) is 5.92 Å². The maximum absolute atomic E-state index is 10.6. The van der Waals surface area contributed by atoms with Crippen molar-refractivity contribution >= 4 is 30.8 Å². The maximum Gasteiger partial charge on any atom is 0.258 e. The molecule has 2 N–H and O–H groups in total. The Morgan fingerprint density at radius 2 is 2.47 bits per heavy atom. The first-order valence-corrected chi connectivity index (χ1v) is 8.74. The molecule has 2 aliphatic carbocycles. The summed E-state index contributed by atoms with van der Waals surface area (Å²) in [5.41, 5.74) is 3.35. The van der Waals surface area contributed by atoms with Gasteiger partial charge in [0.1, 0.15) is 12.5 Å². The maximum atomic E-state index is 10.6. The summed E-state index contributed by atoms with van der Waals surface area (Å²) >= 11 is 1.59. The summed E-state index contributed by atoms with van der Waals surface area (Å²) < 4.78 is 17.4. The second-order valence-electron chi connectivity index (χ2n) is 4.90. The minimum absolute atomic E-state index is 0.0863. The van der Waals surface area contributed by atoms with Crippen molar-refractivity contribution < 1.29 is 14.2 Å².